The van der Waals surface area contributed by atoms with Gasteiger partial charge in [0.1, 0.15) is 5.69 Å². The minimum absolute atomic E-state index is 0.0643. The third-order valence-electron chi connectivity index (χ3n) is 2.38. The molecule has 3 nitrogen and oxygen atoms in total. The molecular formula is C12H8BrF3N2O. The predicted molar refractivity (Wildman–Crippen MR) is 67.9 cm³/mol. The second kappa shape index (κ2) is 5.08. The molecule has 0 saturated carbocycles. The zero-order chi connectivity index (χ0) is 14.0. The Labute approximate surface area is 115 Å². The van der Waals surface area contributed by atoms with Gasteiger partial charge >= 0.3 is 6.18 Å². The third-order valence-corrected chi connectivity index (χ3v) is 3.08. The summed E-state index contributed by atoms with van der Waals surface area (Å²) in [6.45, 7) is 0. The normalized spacial score (nSPS) is 11.4. The highest BCUT2D eigenvalue weighted by atomic mass is 79.9. The summed E-state index contributed by atoms with van der Waals surface area (Å²) in [6.07, 6.45) is -2.90. The molecule has 1 aromatic heterocycles. The number of nitrogens with one attached hydrogen (secondary N) is 2. The second-order valence-corrected chi connectivity index (χ2v) is 4.58. The Bertz CT molecular complexity index is 594. The van der Waals surface area contributed by atoms with Crippen LogP contribution in [0.2, 0.25) is 0 Å². The van der Waals surface area contributed by atoms with Crippen LogP contribution in [0.4, 0.5) is 18.9 Å². The van der Waals surface area contributed by atoms with Crippen molar-refractivity contribution >= 4 is 27.5 Å². The van der Waals surface area contributed by atoms with Gasteiger partial charge in [-0.15, -0.1) is 0 Å². The summed E-state index contributed by atoms with van der Waals surface area (Å²) in [5.74, 6) is -0.509. The van der Waals surface area contributed by atoms with Gasteiger partial charge in [0.25, 0.3) is 5.91 Å². The third kappa shape index (κ3) is 3.17. The Kier molecular flexibility index (Phi) is 3.66. The van der Waals surface area contributed by atoms with Crippen molar-refractivity contribution < 1.29 is 18.0 Å². The first-order valence-corrected chi connectivity index (χ1v) is 5.99. The molecule has 19 heavy (non-hydrogen) atoms. The van der Waals surface area contributed by atoms with Crippen molar-refractivity contribution in [1.82, 2.24) is 4.98 Å². The molecule has 1 amide bonds. The Morgan fingerprint density at radius 2 is 2.00 bits per heavy atom. The van der Waals surface area contributed by atoms with E-state index in [0.717, 1.165) is 12.1 Å². The van der Waals surface area contributed by atoms with Crippen LogP contribution >= 0.6 is 15.9 Å². The van der Waals surface area contributed by atoms with Gasteiger partial charge in [-0.3, -0.25) is 4.79 Å². The minimum Gasteiger partial charge on any atom is -0.357 e. The fourth-order valence-electron chi connectivity index (χ4n) is 1.46. The molecule has 2 aromatic rings. The lowest BCUT2D eigenvalue weighted by atomic mass is 10.2. The lowest BCUT2D eigenvalue weighted by Gasteiger charge is -2.11. The monoisotopic (exact) mass is 332 g/mol. The SMILES string of the molecule is O=C(Nc1cc(C(F)(F)F)ccc1Br)c1ccc[nH]1. The van der Waals surface area contributed by atoms with E-state index in [1.54, 1.807) is 12.3 Å². The molecule has 1 heterocycles. The van der Waals surface area contributed by atoms with E-state index in [9.17, 15) is 18.0 Å². The van der Waals surface area contributed by atoms with Crippen molar-refractivity contribution in [1.29, 1.82) is 0 Å². The summed E-state index contributed by atoms with van der Waals surface area (Å²) < 4.78 is 38.1. The van der Waals surface area contributed by atoms with Crippen LogP contribution in [-0.2, 0) is 6.18 Å². The van der Waals surface area contributed by atoms with Gasteiger partial charge in [-0.25, -0.2) is 0 Å². The maximum atomic E-state index is 12.6. The maximum absolute atomic E-state index is 12.6. The number of aromatic amines is 1. The number of anilines is 1. The average Bonchev–Trinajstić information content (AvgIpc) is 2.84. The molecule has 2 rings (SSSR count). The highest BCUT2D eigenvalue weighted by Crippen LogP contribution is 2.34. The van der Waals surface area contributed by atoms with E-state index in [1.807, 2.05) is 0 Å². The van der Waals surface area contributed by atoms with Crippen molar-refractivity contribution in [3.05, 3.63) is 52.3 Å². The number of carbonyl (C=O) groups excluding carboxylic acids is 1. The van der Waals surface area contributed by atoms with Gasteiger partial charge < -0.3 is 10.3 Å². The fourth-order valence-corrected chi connectivity index (χ4v) is 1.80. The minimum atomic E-state index is -4.45. The van der Waals surface area contributed by atoms with Gasteiger partial charge in [-0.05, 0) is 46.3 Å². The van der Waals surface area contributed by atoms with E-state index < -0.39 is 17.6 Å². The van der Waals surface area contributed by atoms with E-state index >= 15 is 0 Å². The number of rotatable bonds is 2. The molecule has 0 atom stereocenters. The number of halogens is 4. The van der Waals surface area contributed by atoms with Crippen LogP contribution in [0, 0.1) is 0 Å². The summed E-state index contributed by atoms with van der Waals surface area (Å²) in [7, 11) is 0. The first kappa shape index (κ1) is 13.7. The summed E-state index contributed by atoms with van der Waals surface area (Å²) in [5, 5.41) is 2.41. The van der Waals surface area contributed by atoms with E-state index in [-0.39, 0.29) is 11.4 Å². The molecule has 0 aliphatic heterocycles. The molecule has 0 fully saturated rings. The van der Waals surface area contributed by atoms with E-state index in [2.05, 4.69) is 26.2 Å². The summed E-state index contributed by atoms with van der Waals surface area (Å²) in [6, 6.07) is 6.21. The van der Waals surface area contributed by atoms with E-state index in [0.29, 0.717) is 4.47 Å². The highest BCUT2D eigenvalue weighted by molar-refractivity contribution is 9.10. The Morgan fingerprint density at radius 1 is 1.26 bits per heavy atom. The zero-order valence-corrected chi connectivity index (χ0v) is 11.0. The Hall–Kier alpha value is -1.76. The fraction of sp³-hybridized carbons (Fsp3) is 0.0833. The lowest BCUT2D eigenvalue weighted by molar-refractivity contribution is -0.137. The maximum Gasteiger partial charge on any atom is 0.416 e. The number of carbonyl (C=O) groups is 1. The lowest BCUT2D eigenvalue weighted by Crippen LogP contribution is -2.14. The molecule has 7 heteroatoms. The van der Waals surface area contributed by atoms with Crippen LogP contribution in [0.1, 0.15) is 16.1 Å². The Balaban J connectivity index is 2.27. The number of aromatic nitrogens is 1. The van der Waals surface area contributed by atoms with Gasteiger partial charge in [0.2, 0.25) is 0 Å². The molecule has 1 aromatic carbocycles. The largest absolute Gasteiger partial charge is 0.416 e. The molecule has 0 unspecified atom stereocenters. The average molecular weight is 333 g/mol. The standard InChI is InChI=1S/C12H8BrF3N2O/c13-8-4-3-7(12(14,15)16)6-10(8)18-11(19)9-2-1-5-17-9/h1-6,17H,(H,18,19). The van der Waals surface area contributed by atoms with Gasteiger partial charge in [0.15, 0.2) is 0 Å². The Morgan fingerprint density at radius 3 is 2.58 bits per heavy atom. The summed E-state index contributed by atoms with van der Waals surface area (Å²) >= 11 is 3.10. The number of hydrogen-bond acceptors (Lipinski definition) is 1. The van der Waals surface area contributed by atoms with Crippen molar-refractivity contribution in [2.75, 3.05) is 5.32 Å². The number of H-pyrrole nitrogens is 1. The predicted octanol–water partition coefficient (Wildman–Crippen LogP) is 4.05. The quantitative estimate of drug-likeness (QED) is 0.856. The van der Waals surface area contributed by atoms with E-state index in [1.165, 1.54) is 12.1 Å². The number of amides is 1. The first-order valence-electron chi connectivity index (χ1n) is 5.19. The molecule has 100 valence electrons. The van der Waals surface area contributed by atoms with Crippen molar-refractivity contribution in [2.45, 2.75) is 6.18 Å². The summed E-state index contributed by atoms with van der Waals surface area (Å²) in [4.78, 5) is 14.4. The van der Waals surface area contributed by atoms with Crippen molar-refractivity contribution in [2.24, 2.45) is 0 Å². The van der Waals surface area contributed by atoms with Crippen molar-refractivity contribution in [3.63, 3.8) is 0 Å². The first-order chi connectivity index (χ1) is 8.88. The van der Waals surface area contributed by atoms with Crippen LogP contribution in [0.3, 0.4) is 0 Å². The molecule has 0 aliphatic rings. The van der Waals surface area contributed by atoms with Gasteiger partial charge in [-0.2, -0.15) is 13.2 Å². The van der Waals surface area contributed by atoms with Crippen LogP contribution in [0.5, 0.6) is 0 Å². The molecule has 0 saturated heterocycles. The number of hydrogen-bond donors (Lipinski definition) is 2. The number of alkyl halides is 3. The van der Waals surface area contributed by atoms with Gasteiger partial charge in [0, 0.05) is 10.7 Å². The van der Waals surface area contributed by atoms with Crippen LogP contribution in [0.25, 0.3) is 0 Å². The molecule has 0 spiro atoms. The number of benzene rings is 1. The molecule has 0 radical (unpaired) electrons. The topological polar surface area (TPSA) is 44.9 Å². The van der Waals surface area contributed by atoms with Crippen LogP contribution in [-0.4, -0.2) is 10.9 Å². The zero-order valence-electron chi connectivity index (χ0n) is 9.38. The smallest absolute Gasteiger partial charge is 0.357 e. The molecule has 0 aliphatic carbocycles. The van der Waals surface area contributed by atoms with Gasteiger partial charge in [0.05, 0.1) is 11.3 Å². The van der Waals surface area contributed by atoms with Crippen molar-refractivity contribution in [3.8, 4) is 0 Å². The van der Waals surface area contributed by atoms with Gasteiger partial charge in [-0.1, -0.05) is 0 Å². The molecular weight excluding hydrogens is 325 g/mol. The molecule has 2 N–H and O–H groups in total. The van der Waals surface area contributed by atoms with E-state index in [4.69, 9.17) is 0 Å². The highest BCUT2D eigenvalue weighted by Gasteiger charge is 2.31. The second-order valence-electron chi connectivity index (χ2n) is 3.73. The molecule has 0 bridgehead atoms. The van der Waals surface area contributed by atoms with Crippen LogP contribution in [0.15, 0.2) is 41.0 Å². The van der Waals surface area contributed by atoms with Crippen LogP contribution < -0.4 is 5.32 Å². The summed E-state index contributed by atoms with van der Waals surface area (Å²) in [5.41, 5.74) is -0.490.